The SMILES string of the molecule is Fc1ccccc1SCCC1CCNC1. The van der Waals surface area contributed by atoms with Gasteiger partial charge in [0.25, 0.3) is 0 Å². The van der Waals surface area contributed by atoms with Crippen molar-refractivity contribution >= 4 is 11.8 Å². The minimum Gasteiger partial charge on any atom is -0.316 e. The van der Waals surface area contributed by atoms with Gasteiger partial charge in [-0.3, -0.25) is 0 Å². The molecular formula is C12H16FNS. The van der Waals surface area contributed by atoms with Crippen LogP contribution in [-0.4, -0.2) is 18.8 Å². The van der Waals surface area contributed by atoms with Crippen LogP contribution in [0.3, 0.4) is 0 Å². The van der Waals surface area contributed by atoms with Crippen LogP contribution in [0.25, 0.3) is 0 Å². The fourth-order valence-electron chi connectivity index (χ4n) is 1.86. The van der Waals surface area contributed by atoms with Crippen LogP contribution in [0.5, 0.6) is 0 Å². The summed E-state index contributed by atoms with van der Waals surface area (Å²) in [6.45, 7) is 2.28. The second-order valence-electron chi connectivity index (χ2n) is 3.93. The Balaban J connectivity index is 1.75. The van der Waals surface area contributed by atoms with Crippen LogP contribution in [-0.2, 0) is 0 Å². The molecule has 82 valence electrons. The highest BCUT2D eigenvalue weighted by molar-refractivity contribution is 7.99. The Morgan fingerprint density at radius 2 is 2.27 bits per heavy atom. The predicted octanol–water partition coefficient (Wildman–Crippen LogP) is 2.92. The molecule has 0 radical (unpaired) electrons. The van der Waals surface area contributed by atoms with Gasteiger partial charge in [0.15, 0.2) is 0 Å². The number of rotatable bonds is 4. The van der Waals surface area contributed by atoms with Crippen LogP contribution in [0, 0.1) is 11.7 Å². The summed E-state index contributed by atoms with van der Waals surface area (Å²) >= 11 is 1.63. The lowest BCUT2D eigenvalue weighted by atomic mass is 10.1. The summed E-state index contributed by atoms with van der Waals surface area (Å²) in [5.41, 5.74) is 0. The third-order valence-electron chi connectivity index (χ3n) is 2.78. The second-order valence-corrected chi connectivity index (χ2v) is 5.06. The van der Waals surface area contributed by atoms with Crippen LogP contribution in [0.15, 0.2) is 29.2 Å². The maximum atomic E-state index is 13.3. The summed E-state index contributed by atoms with van der Waals surface area (Å²) in [7, 11) is 0. The average Bonchev–Trinajstić information content (AvgIpc) is 2.74. The first-order valence-electron chi connectivity index (χ1n) is 5.44. The zero-order chi connectivity index (χ0) is 10.5. The lowest BCUT2D eigenvalue weighted by Crippen LogP contribution is -2.09. The van der Waals surface area contributed by atoms with Crippen molar-refractivity contribution in [3.63, 3.8) is 0 Å². The van der Waals surface area contributed by atoms with Crippen LogP contribution in [0.4, 0.5) is 4.39 Å². The van der Waals surface area contributed by atoms with Gasteiger partial charge in [-0.05, 0) is 49.7 Å². The van der Waals surface area contributed by atoms with Gasteiger partial charge in [-0.15, -0.1) is 11.8 Å². The van der Waals surface area contributed by atoms with Crippen molar-refractivity contribution in [2.75, 3.05) is 18.8 Å². The summed E-state index contributed by atoms with van der Waals surface area (Å²) < 4.78 is 13.3. The Bertz CT molecular complexity index is 310. The van der Waals surface area contributed by atoms with E-state index < -0.39 is 0 Å². The Hall–Kier alpha value is -0.540. The third-order valence-corrected chi connectivity index (χ3v) is 3.86. The number of halogens is 1. The first kappa shape index (κ1) is 11.0. The third kappa shape index (κ3) is 3.21. The number of benzene rings is 1. The summed E-state index contributed by atoms with van der Waals surface area (Å²) in [5, 5.41) is 3.35. The van der Waals surface area contributed by atoms with Crippen molar-refractivity contribution < 1.29 is 4.39 Å². The lowest BCUT2D eigenvalue weighted by molar-refractivity contribution is 0.567. The van der Waals surface area contributed by atoms with Gasteiger partial charge < -0.3 is 5.32 Å². The quantitative estimate of drug-likeness (QED) is 0.791. The number of hydrogen-bond donors (Lipinski definition) is 1. The molecule has 1 unspecified atom stereocenters. The molecule has 1 atom stereocenters. The van der Waals surface area contributed by atoms with Gasteiger partial charge >= 0.3 is 0 Å². The van der Waals surface area contributed by atoms with Crippen molar-refractivity contribution in [1.29, 1.82) is 0 Å². The molecule has 1 N–H and O–H groups in total. The van der Waals surface area contributed by atoms with Gasteiger partial charge in [-0.25, -0.2) is 4.39 Å². The number of thioether (sulfide) groups is 1. The van der Waals surface area contributed by atoms with E-state index in [9.17, 15) is 4.39 Å². The number of nitrogens with one attached hydrogen (secondary N) is 1. The zero-order valence-corrected chi connectivity index (χ0v) is 9.52. The normalized spacial score (nSPS) is 20.7. The van der Waals surface area contributed by atoms with Crippen LogP contribution in [0.2, 0.25) is 0 Å². The fourth-order valence-corrected chi connectivity index (χ4v) is 2.91. The molecule has 15 heavy (non-hydrogen) atoms. The lowest BCUT2D eigenvalue weighted by Gasteiger charge is -2.07. The zero-order valence-electron chi connectivity index (χ0n) is 8.71. The van der Waals surface area contributed by atoms with Gasteiger partial charge in [-0.2, -0.15) is 0 Å². The Morgan fingerprint density at radius 1 is 1.40 bits per heavy atom. The van der Waals surface area contributed by atoms with Gasteiger partial charge in [0.1, 0.15) is 5.82 Å². The van der Waals surface area contributed by atoms with E-state index in [0.29, 0.717) is 0 Å². The van der Waals surface area contributed by atoms with Gasteiger partial charge in [0, 0.05) is 4.90 Å². The molecule has 1 aromatic rings. The van der Waals surface area contributed by atoms with Crippen molar-refractivity contribution in [3.8, 4) is 0 Å². The molecule has 0 aliphatic carbocycles. The van der Waals surface area contributed by atoms with Crippen LogP contribution >= 0.6 is 11.8 Å². The van der Waals surface area contributed by atoms with Gasteiger partial charge in [-0.1, -0.05) is 12.1 Å². The molecule has 0 saturated carbocycles. The molecule has 1 nitrogen and oxygen atoms in total. The van der Waals surface area contributed by atoms with E-state index in [2.05, 4.69) is 5.32 Å². The summed E-state index contributed by atoms with van der Waals surface area (Å²) in [6, 6.07) is 7.01. The van der Waals surface area contributed by atoms with E-state index in [4.69, 9.17) is 0 Å². The highest BCUT2D eigenvalue weighted by Gasteiger charge is 2.13. The topological polar surface area (TPSA) is 12.0 Å². The standard InChI is InChI=1S/C12H16FNS/c13-11-3-1-2-4-12(11)15-8-6-10-5-7-14-9-10/h1-4,10,14H,5-9H2. The van der Waals surface area contributed by atoms with Crippen molar-refractivity contribution in [2.45, 2.75) is 17.7 Å². The maximum Gasteiger partial charge on any atom is 0.136 e. The summed E-state index contributed by atoms with van der Waals surface area (Å²) in [4.78, 5) is 0.781. The summed E-state index contributed by atoms with van der Waals surface area (Å²) in [5.74, 6) is 1.73. The summed E-state index contributed by atoms with van der Waals surface area (Å²) in [6.07, 6.45) is 2.46. The molecule has 1 aliphatic heterocycles. The van der Waals surface area contributed by atoms with E-state index >= 15 is 0 Å². The first-order chi connectivity index (χ1) is 7.36. The Kier molecular flexibility index (Phi) is 4.03. The van der Waals surface area contributed by atoms with E-state index in [1.165, 1.54) is 18.9 Å². The molecular weight excluding hydrogens is 209 g/mol. The van der Waals surface area contributed by atoms with Gasteiger partial charge in [0.05, 0.1) is 0 Å². The van der Waals surface area contributed by atoms with E-state index in [1.54, 1.807) is 17.8 Å². The van der Waals surface area contributed by atoms with E-state index in [-0.39, 0.29) is 5.82 Å². The fraction of sp³-hybridized carbons (Fsp3) is 0.500. The highest BCUT2D eigenvalue weighted by atomic mass is 32.2. The second kappa shape index (κ2) is 5.52. The minimum absolute atomic E-state index is 0.0907. The molecule has 0 amide bonds. The molecule has 0 spiro atoms. The van der Waals surface area contributed by atoms with Crippen LogP contribution < -0.4 is 5.32 Å². The molecule has 3 heteroatoms. The first-order valence-corrected chi connectivity index (χ1v) is 6.43. The van der Waals surface area contributed by atoms with Crippen LogP contribution in [0.1, 0.15) is 12.8 Å². The predicted molar refractivity (Wildman–Crippen MR) is 62.7 cm³/mol. The molecule has 1 saturated heterocycles. The monoisotopic (exact) mass is 225 g/mol. The van der Waals surface area contributed by atoms with Crippen molar-refractivity contribution in [3.05, 3.63) is 30.1 Å². The van der Waals surface area contributed by atoms with E-state index in [1.807, 2.05) is 12.1 Å². The molecule has 0 bridgehead atoms. The van der Waals surface area contributed by atoms with Crippen molar-refractivity contribution in [2.24, 2.45) is 5.92 Å². The average molecular weight is 225 g/mol. The largest absolute Gasteiger partial charge is 0.316 e. The van der Waals surface area contributed by atoms with Crippen molar-refractivity contribution in [1.82, 2.24) is 5.32 Å². The Morgan fingerprint density at radius 3 is 3.00 bits per heavy atom. The van der Waals surface area contributed by atoms with E-state index in [0.717, 1.165) is 29.7 Å². The minimum atomic E-state index is -0.0907. The maximum absolute atomic E-state index is 13.3. The molecule has 1 aromatic carbocycles. The number of hydrogen-bond acceptors (Lipinski definition) is 2. The Labute approximate surface area is 94.5 Å². The smallest absolute Gasteiger partial charge is 0.136 e. The molecule has 1 fully saturated rings. The molecule has 0 aromatic heterocycles. The molecule has 1 aliphatic rings. The highest BCUT2D eigenvalue weighted by Crippen LogP contribution is 2.24. The molecule has 1 heterocycles. The molecule has 2 rings (SSSR count). The van der Waals surface area contributed by atoms with Gasteiger partial charge in [0.2, 0.25) is 0 Å².